The Labute approximate surface area is 272 Å². The summed E-state index contributed by atoms with van der Waals surface area (Å²) in [6, 6.07) is 3.81. The van der Waals surface area contributed by atoms with Gasteiger partial charge in [0.05, 0.1) is 19.6 Å². The molecule has 0 spiro atoms. The van der Waals surface area contributed by atoms with Crippen molar-refractivity contribution >= 4 is 41.9 Å². The zero-order valence-corrected chi connectivity index (χ0v) is 28.1. The maximum atomic E-state index is 13.7. The van der Waals surface area contributed by atoms with Crippen molar-refractivity contribution in [1.29, 1.82) is 0 Å². The summed E-state index contributed by atoms with van der Waals surface area (Å²) in [6.45, 7) is 10.5. The standard InChI is InChI=1S/C32H50N6O6.ClH/c1-19(2)14-25-31(42)36-26(15-22-9-11-24(44-6)12-10-22)30(41)34-21(5)29(40)37-27(20(3)4)17-38(18-28(39)35-25)32(43)23-8-7-13-33-16-23;/h9-12,19-21,23,25-27,33H,7-8,13-18H2,1-6H3,(H,34,41)(H,35,39)(H,36,42)(H,37,40);1H/t21-,23+,25+,26+,27-;/m1./s1. The van der Waals surface area contributed by atoms with Gasteiger partial charge in [0, 0.05) is 25.6 Å². The molecule has 2 aliphatic heterocycles. The van der Waals surface area contributed by atoms with Crippen molar-refractivity contribution in [3.05, 3.63) is 29.8 Å². The summed E-state index contributed by atoms with van der Waals surface area (Å²) in [5.41, 5.74) is 0.775. The number of carbonyl (C=O) groups is 5. The molecule has 45 heavy (non-hydrogen) atoms. The lowest BCUT2D eigenvalue weighted by molar-refractivity contribution is -0.141. The summed E-state index contributed by atoms with van der Waals surface area (Å²) in [7, 11) is 1.56. The molecule has 2 heterocycles. The fraction of sp³-hybridized carbons (Fsp3) is 0.656. The van der Waals surface area contributed by atoms with E-state index >= 15 is 0 Å². The minimum absolute atomic E-state index is 0. The predicted molar refractivity (Wildman–Crippen MR) is 174 cm³/mol. The molecule has 5 N–H and O–H groups in total. The Morgan fingerprint density at radius 2 is 1.60 bits per heavy atom. The molecule has 1 aromatic rings. The van der Waals surface area contributed by atoms with Gasteiger partial charge in [-0.2, -0.15) is 0 Å². The van der Waals surface area contributed by atoms with Crippen molar-refractivity contribution in [2.75, 3.05) is 33.3 Å². The first-order valence-electron chi connectivity index (χ1n) is 15.7. The van der Waals surface area contributed by atoms with Crippen molar-refractivity contribution in [3.63, 3.8) is 0 Å². The van der Waals surface area contributed by atoms with E-state index in [1.54, 1.807) is 38.3 Å². The van der Waals surface area contributed by atoms with Crippen molar-refractivity contribution in [2.45, 2.75) is 84.5 Å². The molecule has 2 fully saturated rings. The number of hydrogen-bond donors (Lipinski definition) is 5. The van der Waals surface area contributed by atoms with Crippen LogP contribution in [-0.4, -0.2) is 91.9 Å². The number of halogens is 1. The molecule has 5 atom stereocenters. The smallest absolute Gasteiger partial charge is 0.243 e. The molecule has 0 unspecified atom stereocenters. The second-order valence-electron chi connectivity index (χ2n) is 12.7. The third kappa shape index (κ3) is 11.5. The highest BCUT2D eigenvalue weighted by atomic mass is 35.5. The zero-order valence-electron chi connectivity index (χ0n) is 27.3. The van der Waals surface area contributed by atoms with Gasteiger partial charge in [0.15, 0.2) is 0 Å². The van der Waals surface area contributed by atoms with Crippen molar-refractivity contribution < 1.29 is 28.7 Å². The van der Waals surface area contributed by atoms with Crippen LogP contribution in [0.25, 0.3) is 0 Å². The van der Waals surface area contributed by atoms with Crippen LogP contribution in [0, 0.1) is 17.8 Å². The summed E-state index contributed by atoms with van der Waals surface area (Å²) >= 11 is 0. The topological polar surface area (TPSA) is 158 Å². The van der Waals surface area contributed by atoms with Gasteiger partial charge in [0.1, 0.15) is 23.9 Å². The third-order valence-corrected chi connectivity index (χ3v) is 8.18. The monoisotopic (exact) mass is 650 g/mol. The Balaban J connectivity index is 0.00000705. The molecule has 0 aliphatic carbocycles. The van der Waals surface area contributed by atoms with Gasteiger partial charge in [-0.25, -0.2) is 0 Å². The quantitative estimate of drug-likeness (QED) is 0.296. The van der Waals surface area contributed by atoms with E-state index in [0.29, 0.717) is 25.1 Å². The molecule has 5 amide bonds. The average molecular weight is 651 g/mol. The minimum atomic E-state index is -1.01. The Morgan fingerprint density at radius 1 is 0.933 bits per heavy atom. The molecule has 0 saturated carbocycles. The molecular formula is C32H51ClN6O6. The molecule has 3 rings (SSSR count). The first-order chi connectivity index (χ1) is 20.9. The largest absolute Gasteiger partial charge is 0.497 e. The van der Waals surface area contributed by atoms with E-state index < -0.39 is 47.8 Å². The van der Waals surface area contributed by atoms with E-state index in [9.17, 15) is 24.0 Å². The second-order valence-corrected chi connectivity index (χ2v) is 12.7. The number of carbonyl (C=O) groups excluding carboxylic acids is 5. The predicted octanol–water partition coefficient (Wildman–Crippen LogP) is 1.16. The highest BCUT2D eigenvalue weighted by molar-refractivity contribution is 5.95. The van der Waals surface area contributed by atoms with Crippen molar-refractivity contribution in [3.8, 4) is 5.75 Å². The van der Waals surface area contributed by atoms with Gasteiger partial charge < -0.3 is 36.2 Å². The van der Waals surface area contributed by atoms with E-state index in [1.165, 1.54) is 4.90 Å². The number of nitrogens with one attached hydrogen (secondary N) is 5. The lowest BCUT2D eigenvalue weighted by atomic mass is 9.96. The van der Waals surface area contributed by atoms with E-state index in [1.807, 2.05) is 27.7 Å². The first kappa shape index (κ1) is 37.8. The number of nitrogens with zero attached hydrogens (tertiary/aromatic N) is 1. The average Bonchev–Trinajstić information content (AvgIpc) is 2.99. The van der Waals surface area contributed by atoms with Crippen LogP contribution in [-0.2, 0) is 30.4 Å². The molecule has 1 aromatic carbocycles. The molecule has 0 bridgehead atoms. The molecule has 252 valence electrons. The summed E-state index contributed by atoms with van der Waals surface area (Å²) < 4.78 is 5.23. The molecule has 0 radical (unpaired) electrons. The second kappa shape index (κ2) is 17.9. The third-order valence-electron chi connectivity index (χ3n) is 8.18. The highest BCUT2D eigenvalue weighted by Gasteiger charge is 2.34. The fourth-order valence-corrected chi connectivity index (χ4v) is 5.50. The van der Waals surface area contributed by atoms with Crippen molar-refractivity contribution in [1.82, 2.24) is 31.5 Å². The number of hydrogen-bond acceptors (Lipinski definition) is 7. The van der Waals surface area contributed by atoms with E-state index in [2.05, 4.69) is 26.6 Å². The van der Waals surface area contributed by atoms with Crippen LogP contribution in [0.4, 0.5) is 0 Å². The van der Waals surface area contributed by atoms with Gasteiger partial charge in [0.25, 0.3) is 0 Å². The van der Waals surface area contributed by atoms with Crippen LogP contribution in [0.3, 0.4) is 0 Å². The summed E-state index contributed by atoms with van der Waals surface area (Å²) in [6.07, 6.45) is 2.05. The first-order valence-corrected chi connectivity index (χ1v) is 15.7. The summed E-state index contributed by atoms with van der Waals surface area (Å²) in [5.74, 6) is -1.74. The normalized spacial score (nSPS) is 25.6. The zero-order chi connectivity index (χ0) is 32.4. The lowest BCUT2D eigenvalue weighted by Crippen LogP contribution is -2.57. The van der Waals surface area contributed by atoms with Crippen LogP contribution in [0.5, 0.6) is 5.75 Å². The number of piperidine rings is 1. The van der Waals surface area contributed by atoms with Gasteiger partial charge in [-0.1, -0.05) is 39.8 Å². The molecule has 0 aromatic heterocycles. The summed E-state index contributed by atoms with van der Waals surface area (Å²) in [4.78, 5) is 69.1. The summed E-state index contributed by atoms with van der Waals surface area (Å²) in [5, 5.41) is 14.6. The number of amides is 5. The lowest BCUT2D eigenvalue weighted by Gasteiger charge is -2.34. The van der Waals surface area contributed by atoms with Crippen LogP contribution >= 0.6 is 12.4 Å². The molecule has 2 aliphatic rings. The number of ether oxygens (including phenoxy) is 1. The number of methoxy groups -OCH3 is 1. The maximum absolute atomic E-state index is 13.7. The van der Waals surface area contributed by atoms with Gasteiger partial charge in [-0.15, -0.1) is 12.4 Å². The molecule has 12 nitrogen and oxygen atoms in total. The Hall–Kier alpha value is -3.38. The number of rotatable bonds is 7. The number of benzene rings is 1. The van der Waals surface area contributed by atoms with Gasteiger partial charge in [0.2, 0.25) is 29.5 Å². The van der Waals surface area contributed by atoms with E-state index in [-0.39, 0.29) is 55.6 Å². The fourth-order valence-electron chi connectivity index (χ4n) is 5.50. The minimum Gasteiger partial charge on any atom is -0.497 e. The maximum Gasteiger partial charge on any atom is 0.243 e. The SMILES string of the molecule is COc1ccc(C[C@@H]2NC(=O)[C@H](CC(C)C)NC(=O)CN(C(=O)[C@H]3CCCNC3)C[C@H](C(C)C)NC(=O)[C@@H](C)NC2=O)cc1.Cl. The highest BCUT2D eigenvalue weighted by Crippen LogP contribution is 2.17. The molecule has 2 saturated heterocycles. The molecule has 13 heteroatoms. The van der Waals surface area contributed by atoms with Crippen molar-refractivity contribution in [2.24, 2.45) is 17.8 Å². The Bertz CT molecular complexity index is 1160. The van der Waals surface area contributed by atoms with Gasteiger partial charge >= 0.3 is 0 Å². The van der Waals surface area contributed by atoms with Gasteiger partial charge in [-0.05, 0) is 62.3 Å². The van der Waals surface area contributed by atoms with Crippen LogP contribution in [0.15, 0.2) is 24.3 Å². The van der Waals surface area contributed by atoms with E-state index in [4.69, 9.17) is 4.74 Å². The Kier molecular flexibility index (Phi) is 15.1. The van der Waals surface area contributed by atoms with E-state index in [0.717, 1.165) is 18.5 Å². The van der Waals surface area contributed by atoms with Crippen LogP contribution in [0.2, 0.25) is 0 Å². The Morgan fingerprint density at radius 3 is 2.18 bits per heavy atom. The van der Waals surface area contributed by atoms with Gasteiger partial charge in [-0.3, -0.25) is 24.0 Å². The van der Waals surface area contributed by atoms with Crippen LogP contribution in [0.1, 0.15) is 59.4 Å². The van der Waals surface area contributed by atoms with Crippen LogP contribution < -0.4 is 31.3 Å². The molecular weight excluding hydrogens is 600 g/mol.